The highest BCUT2D eigenvalue weighted by Gasteiger charge is 2.06. The minimum Gasteiger partial charge on any atom is -0.229 e. The van der Waals surface area contributed by atoms with Crippen LogP contribution in [0.5, 0.6) is 0 Å². The second-order valence-electron chi connectivity index (χ2n) is 4.50. The quantitative estimate of drug-likeness (QED) is 0.807. The summed E-state index contributed by atoms with van der Waals surface area (Å²) < 4.78 is 22.7. The summed E-state index contributed by atoms with van der Waals surface area (Å²) in [5.74, 6) is 0.0864. The molecular formula is C15H16O2S2. The number of benzene rings is 2. The van der Waals surface area contributed by atoms with Crippen LogP contribution in [0.25, 0.3) is 11.1 Å². The van der Waals surface area contributed by atoms with Crippen LogP contribution >= 0.6 is 11.8 Å². The van der Waals surface area contributed by atoms with E-state index >= 15 is 0 Å². The monoisotopic (exact) mass is 292 g/mol. The standard InChI is InChI=1S/C15H16O2S2/c1-18-15-8-4-7-14(10-15)13-6-3-5-12(9-13)11-19(2,16)17/h3-10H,11H2,1-2H3. The van der Waals surface area contributed by atoms with E-state index in [4.69, 9.17) is 0 Å². The Morgan fingerprint density at radius 2 is 1.63 bits per heavy atom. The lowest BCUT2D eigenvalue weighted by Crippen LogP contribution is -2.00. The van der Waals surface area contributed by atoms with E-state index in [0.29, 0.717) is 0 Å². The van der Waals surface area contributed by atoms with Crippen LogP contribution in [0.1, 0.15) is 5.56 Å². The zero-order valence-corrected chi connectivity index (χ0v) is 12.6. The van der Waals surface area contributed by atoms with Gasteiger partial charge in [-0.15, -0.1) is 11.8 Å². The first-order chi connectivity index (χ1) is 8.98. The third-order valence-corrected chi connectivity index (χ3v) is 4.34. The Morgan fingerprint density at radius 1 is 1.00 bits per heavy atom. The van der Waals surface area contributed by atoms with Crippen molar-refractivity contribution in [1.82, 2.24) is 0 Å². The Morgan fingerprint density at radius 3 is 2.26 bits per heavy atom. The summed E-state index contributed by atoms with van der Waals surface area (Å²) in [6.07, 6.45) is 3.30. The molecule has 2 aromatic carbocycles. The lowest BCUT2D eigenvalue weighted by Gasteiger charge is -2.06. The molecule has 0 fully saturated rings. The molecule has 0 spiro atoms. The number of sulfone groups is 1. The lowest BCUT2D eigenvalue weighted by molar-refractivity contribution is 0.601. The molecule has 0 aliphatic carbocycles. The molecule has 0 heterocycles. The molecule has 0 aromatic heterocycles. The third-order valence-electron chi connectivity index (χ3n) is 2.76. The topological polar surface area (TPSA) is 34.1 Å². The molecule has 19 heavy (non-hydrogen) atoms. The fourth-order valence-electron chi connectivity index (χ4n) is 1.95. The minimum atomic E-state index is -2.99. The molecule has 0 amide bonds. The average molecular weight is 292 g/mol. The highest BCUT2D eigenvalue weighted by atomic mass is 32.2. The minimum absolute atomic E-state index is 0.0864. The molecule has 0 atom stereocenters. The molecule has 0 bridgehead atoms. The van der Waals surface area contributed by atoms with Gasteiger partial charge in [-0.05, 0) is 35.1 Å². The van der Waals surface area contributed by atoms with Crippen LogP contribution in [-0.2, 0) is 15.6 Å². The molecule has 0 saturated heterocycles. The zero-order valence-electron chi connectivity index (χ0n) is 11.0. The molecule has 0 N–H and O–H groups in total. The average Bonchev–Trinajstić information content (AvgIpc) is 2.37. The van der Waals surface area contributed by atoms with Gasteiger partial charge in [0.15, 0.2) is 9.84 Å². The van der Waals surface area contributed by atoms with Crippen LogP contribution in [0.4, 0.5) is 0 Å². The van der Waals surface area contributed by atoms with Gasteiger partial charge in [-0.25, -0.2) is 8.42 Å². The summed E-state index contributed by atoms with van der Waals surface area (Å²) in [7, 11) is -2.99. The Bertz CT molecular complexity index is 676. The second kappa shape index (κ2) is 5.80. The highest BCUT2D eigenvalue weighted by Crippen LogP contribution is 2.25. The summed E-state index contributed by atoms with van der Waals surface area (Å²) in [4.78, 5) is 1.20. The largest absolute Gasteiger partial charge is 0.229 e. The van der Waals surface area contributed by atoms with Gasteiger partial charge in [0.1, 0.15) is 0 Å². The zero-order chi connectivity index (χ0) is 13.9. The van der Waals surface area contributed by atoms with Gasteiger partial charge in [0.2, 0.25) is 0 Å². The normalized spacial score (nSPS) is 11.5. The first-order valence-corrected chi connectivity index (χ1v) is 9.17. The van der Waals surface area contributed by atoms with E-state index in [9.17, 15) is 8.42 Å². The number of hydrogen-bond acceptors (Lipinski definition) is 3. The maximum absolute atomic E-state index is 11.3. The third kappa shape index (κ3) is 4.11. The second-order valence-corrected chi connectivity index (χ2v) is 7.52. The van der Waals surface area contributed by atoms with Gasteiger partial charge in [0.05, 0.1) is 5.75 Å². The molecule has 0 saturated carbocycles. The number of rotatable bonds is 4. The first-order valence-electron chi connectivity index (χ1n) is 5.89. The van der Waals surface area contributed by atoms with E-state index in [1.54, 1.807) is 11.8 Å². The van der Waals surface area contributed by atoms with Crippen LogP contribution < -0.4 is 0 Å². The summed E-state index contributed by atoms with van der Waals surface area (Å²) in [6, 6.07) is 15.9. The maximum atomic E-state index is 11.3. The summed E-state index contributed by atoms with van der Waals surface area (Å²) >= 11 is 1.70. The smallest absolute Gasteiger partial charge is 0.151 e. The van der Waals surface area contributed by atoms with Crippen molar-refractivity contribution in [2.75, 3.05) is 12.5 Å². The van der Waals surface area contributed by atoms with E-state index in [-0.39, 0.29) is 5.75 Å². The highest BCUT2D eigenvalue weighted by molar-refractivity contribution is 7.98. The predicted octanol–water partition coefficient (Wildman–Crippen LogP) is 3.62. The van der Waals surface area contributed by atoms with Crippen molar-refractivity contribution >= 4 is 21.6 Å². The van der Waals surface area contributed by atoms with Crippen molar-refractivity contribution < 1.29 is 8.42 Å². The number of hydrogen-bond donors (Lipinski definition) is 0. The molecule has 0 unspecified atom stereocenters. The molecule has 2 nitrogen and oxygen atoms in total. The molecule has 0 aliphatic rings. The van der Waals surface area contributed by atoms with Crippen molar-refractivity contribution in [2.45, 2.75) is 10.6 Å². The van der Waals surface area contributed by atoms with Crippen LogP contribution in [0.3, 0.4) is 0 Å². The molecule has 4 heteroatoms. The van der Waals surface area contributed by atoms with E-state index in [0.717, 1.165) is 16.7 Å². The fraction of sp³-hybridized carbons (Fsp3) is 0.200. The molecular weight excluding hydrogens is 276 g/mol. The van der Waals surface area contributed by atoms with E-state index < -0.39 is 9.84 Å². The lowest BCUT2D eigenvalue weighted by atomic mass is 10.0. The van der Waals surface area contributed by atoms with E-state index in [1.807, 2.05) is 42.7 Å². The van der Waals surface area contributed by atoms with Crippen molar-refractivity contribution in [3.8, 4) is 11.1 Å². The van der Waals surface area contributed by atoms with Gasteiger partial charge < -0.3 is 0 Å². The van der Waals surface area contributed by atoms with Crippen molar-refractivity contribution in [3.05, 3.63) is 54.1 Å². The maximum Gasteiger partial charge on any atom is 0.151 e. The van der Waals surface area contributed by atoms with Crippen LogP contribution in [0.15, 0.2) is 53.4 Å². The Labute approximate surface area is 118 Å². The first kappa shape index (κ1) is 14.2. The van der Waals surface area contributed by atoms with Gasteiger partial charge in [-0.3, -0.25) is 0 Å². The van der Waals surface area contributed by atoms with Crippen molar-refractivity contribution in [3.63, 3.8) is 0 Å². The summed E-state index contributed by atoms with van der Waals surface area (Å²) in [6.45, 7) is 0. The Hall–Kier alpha value is -1.26. The van der Waals surface area contributed by atoms with Crippen molar-refractivity contribution in [2.24, 2.45) is 0 Å². The number of thioether (sulfide) groups is 1. The van der Waals surface area contributed by atoms with Crippen LogP contribution in [-0.4, -0.2) is 20.9 Å². The van der Waals surface area contributed by atoms with Crippen LogP contribution in [0, 0.1) is 0 Å². The SMILES string of the molecule is CSc1cccc(-c2cccc(CS(C)(=O)=O)c2)c1. The fourth-order valence-corrected chi connectivity index (χ4v) is 3.19. The van der Waals surface area contributed by atoms with E-state index in [2.05, 4.69) is 12.1 Å². The van der Waals surface area contributed by atoms with E-state index in [1.165, 1.54) is 11.2 Å². The van der Waals surface area contributed by atoms with Gasteiger partial charge in [0.25, 0.3) is 0 Å². The van der Waals surface area contributed by atoms with Gasteiger partial charge >= 0.3 is 0 Å². The molecule has 0 radical (unpaired) electrons. The predicted molar refractivity (Wildman–Crippen MR) is 82.2 cm³/mol. The van der Waals surface area contributed by atoms with Gasteiger partial charge in [-0.1, -0.05) is 36.4 Å². The summed E-state index contributed by atoms with van der Waals surface area (Å²) in [5, 5.41) is 0. The summed E-state index contributed by atoms with van der Waals surface area (Å²) in [5.41, 5.74) is 2.99. The van der Waals surface area contributed by atoms with Gasteiger partial charge in [-0.2, -0.15) is 0 Å². The molecule has 2 aromatic rings. The van der Waals surface area contributed by atoms with Crippen LogP contribution in [0.2, 0.25) is 0 Å². The Balaban J connectivity index is 2.37. The Kier molecular flexibility index (Phi) is 4.32. The molecule has 2 rings (SSSR count). The molecule has 100 valence electrons. The van der Waals surface area contributed by atoms with Crippen molar-refractivity contribution in [1.29, 1.82) is 0 Å². The van der Waals surface area contributed by atoms with Gasteiger partial charge in [0, 0.05) is 11.2 Å². The molecule has 0 aliphatic heterocycles.